The molecule has 1 aliphatic carbocycles. The van der Waals surface area contributed by atoms with Gasteiger partial charge in [0.2, 0.25) is 11.8 Å². The maximum absolute atomic E-state index is 11.3. The fourth-order valence-corrected chi connectivity index (χ4v) is 2.23. The number of hydrogen-bond donors (Lipinski definition) is 1. The van der Waals surface area contributed by atoms with E-state index in [1.807, 2.05) is 4.90 Å². The highest BCUT2D eigenvalue weighted by atomic mass is 16.2. The molecule has 82 valence electrons. The number of carbonyl (C=O) groups is 3. The minimum atomic E-state index is -0.260. The molecule has 1 saturated heterocycles. The first-order valence-corrected chi connectivity index (χ1v) is 5.23. The third kappa shape index (κ3) is 2.41. The van der Waals surface area contributed by atoms with Crippen LogP contribution in [0, 0.1) is 0 Å². The van der Waals surface area contributed by atoms with Crippen LogP contribution in [0.2, 0.25) is 0 Å². The second kappa shape index (κ2) is 4.10. The van der Waals surface area contributed by atoms with Crippen molar-refractivity contribution in [2.75, 3.05) is 13.1 Å². The van der Waals surface area contributed by atoms with Gasteiger partial charge in [-0.25, -0.2) is 0 Å². The average molecular weight is 210 g/mol. The van der Waals surface area contributed by atoms with E-state index in [0.29, 0.717) is 12.8 Å². The summed E-state index contributed by atoms with van der Waals surface area (Å²) in [4.78, 5) is 35.4. The zero-order valence-corrected chi connectivity index (χ0v) is 8.49. The van der Waals surface area contributed by atoms with Crippen molar-refractivity contribution >= 4 is 17.6 Å². The number of carbonyl (C=O) groups excluding carboxylic acids is 3. The molecular weight excluding hydrogens is 196 g/mol. The summed E-state index contributed by atoms with van der Waals surface area (Å²) in [5.41, 5.74) is 0. The third-order valence-electron chi connectivity index (χ3n) is 2.94. The highest BCUT2D eigenvalue weighted by Crippen LogP contribution is 2.20. The highest BCUT2D eigenvalue weighted by Gasteiger charge is 2.31. The zero-order valence-electron chi connectivity index (χ0n) is 8.49. The van der Waals surface area contributed by atoms with E-state index in [1.165, 1.54) is 0 Å². The number of amides is 2. The molecule has 1 saturated carbocycles. The minimum Gasteiger partial charge on any atom is -0.300 e. The first-order chi connectivity index (χ1) is 7.15. The molecule has 2 amide bonds. The number of nitrogens with zero attached hydrogens (tertiary/aromatic N) is 1. The average Bonchev–Trinajstić information content (AvgIpc) is 2.16. The zero-order chi connectivity index (χ0) is 10.8. The molecule has 1 heterocycles. The number of rotatable bonds is 1. The van der Waals surface area contributed by atoms with Crippen molar-refractivity contribution in [3.63, 3.8) is 0 Å². The molecule has 0 spiro atoms. The molecule has 1 atom stereocenters. The summed E-state index contributed by atoms with van der Waals surface area (Å²) in [7, 11) is 0. The van der Waals surface area contributed by atoms with Crippen molar-refractivity contribution in [3.8, 4) is 0 Å². The van der Waals surface area contributed by atoms with Crippen LogP contribution < -0.4 is 5.32 Å². The van der Waals surface area contributed by atoms with Gasteiger partial charge in [-0.2, -0.15) is 0 Å². The standard InChI is InChI=1S/C10H14N2O3/c13-8-3-1-2-7(4-8)12-5-9(14)11-10(15)6-12/h7H,1-6H2,(H,11,14,15). The van der Waals surface area contributed by atoms with Gasteiger partial charge in [-0.1, -0.05) is 0 Å². The minimum absolute atomic E-state index is 0.0845. The number of ketones is 1. The lowest BCUT2D eigenvalue weighted by Gasteiger charge is -2.34. The van der Waals surface area contributed by atoms with Crippen molar-refractivity contribution in [1.29, 1.82) is 0 Å². The van der Waals surface area contributed by atoms with E-state index >= 15 is 0 Å². The Morgan fingerprint density at radius 2 is 1.80 bits per heavy atom. The number of imide groups is 1. The first kappa shape index (κ1) is 10.3. The largest absolute Gasteiger partial charge is 0.300 e. The van der Waals surface area contributed by atoms with Gasteiger partial charge in [0.1, 0.15) is 5.78 Å². The van der Waals surface area contributed by atoms with Gasteiger partial charge >= 0.3 is 0 Å². The van der Waals surface area contributed by atoms with E-state index in [-0.39, 0.29) is 36.7 Å². The van der Waals surface area contributed by atoms with Gasteiger partial charge in [-0.15, -0.1) is 0 Å². The molecular formula is C10H14N2O3. The molecule has 1 unspecified atom stereocenters. The van der Waals surface area contributed by atoms with Crippen molar-refractivity contribution in [2.24, 2.45) is 0 Å². The number of piperazine rings is 1. The molecule has 0 aromatic heterocycles. The number of nitrogens with one attached hydrogen (secondary N) is 1. The van der Waals surface area contributed by atoms with Crippen LogP contribution in [-0.2, 0) is 14.4 Å². The summed E-state index contributed by atoms with van der Waals surface area (Å²) in [5.74, 6) is -0.279. The van der Waals surface area contributed by atoms with Crippen molar-refractivity contribution in [2.45, 2.75) is 31.7 Å². The maximum Gasteiger partial charge on any atom is 0.240 e. The van der Waals surface area contributed by atoms with Gasteiger partial charge in [-0.3, -0.25) is 24.6 Å². The Bertz CT molecular complexity index is 298. The van der Waals surface area contributed by atoms with Gasteiger partial charge in [0, 0.05) is 18.9 Å². The smallest absolute Gasteiger partial charge is 0.240 e. The van der Waals surface area contributed by atoms with E-state index in [4.69, 9.17) is 0 Å². The van der Waals surface area contributed by atoms with E-state index in [0.717, 1.165) is 12.8 Å². The van der Waals surface area contributed by atoms with E-state index in [2.05, 4.69) is 5.32 Å². The Labute approximate surface area is 87.8 Å². The second-order valence-electron chi connectivity index (χ2n) is 4.17. The Kier molecular flexibility index (Phi) is 2.81. The lowest BCUT2D eigenvalue weighted by atomic mass is 9.93. The second-order valence-corrected chi connectivity index (χ2v) is 4.17. The molecule has 0 aromatic carbocycles. The van der Waals surface area contributed by atoms with Gasteiger partial charge in [0.05, 0.1) is 13.1 Å². The van der Waals surface area contributed by atoms with E-state index < -0.39 is 0 Å². The van der Waals surface area contributed by atoms with Crippen LogP contribution in [-0.4, -0.2) is 41.6 Å². The molecule has 1 aliphatic heterocycles. The Morgan fingerprint density at radius 3 is 2.40 bits per heavy atom. The molecule has 2 fully saturated rings. The maximum atomic E-state index is 11.3. The Morgan fingerprint density at radius 1 is 1.13 bits per heavy atom. The Hall–Kier alpha value is -1.23. The van der Waals surface area contributed by atoms with Crippen LogP contribution in [0.5, 0.6) is 0 Å². The molecule has 2 rings (SSSR count). The number of Topliss-reactive ketones (excluding diaryl/α,β-unsaturated/α-hetero) is 1. The fourth-order valence-electron chi connectivity index (χ4n) is 2.23. The van der Waals surface area contributed by atoms with Crippen LogP contribution in [0.1, 0.15) is 25.7 Å². The van der Waals surface area contributed by atoms with E-state index in [1.54, 1.807) is 0 Å². The van der Waals surface area contributed by atoms with Crippen molar-refractivity contribution in [1.82, 2.24) is 10.2 Å². The van der Waals surface area contributed by atoms with Crippen LogP contribution in [0.3, 0.4) is 0 Å². The summed E-state index contributed by atoms with van der Waals surface area (Å²) in [6.45, 7) is 0.480. The van der Waals surface area contributed by atoms with Crippen molar-refractivity contribution < 1.29 is 14.4 Å². The lowest BCUT2D eigenvalue weighted by Crippen LogP contribution is -2.55. The molecule has 0 bridgehead atoms. The predicted octanol–water partition coefficient (Wildman–Crippen LogP) is -0.544. The third-order valence-corrected chi connectivity index (χ3v) is 2.94. The first-order valence-electron chi connectivity index (χ1n) is 5.23. The van der Waals surface area contributed by atoms with Gasteiger partial charge < -0.3 is 0 Å². The normalized spacial score (nSPS) is 29.1. The van der Waals surface area contributed by atoms with Crippen LogP contribution in [0.4, 0.5) is 0 Å². The summed E-state index contributed by atoms with van der Waals surface area (Å²) in [6.07, 6.45) is 2.91. The molecule has 1 N–H and O–H groups in total. The summed E-state index contributed by atoms with van der Waals surface area (Å²) >= 11 is 0. The highest BCUT2D eigenvalue weighted by molar-refractivity contribution is 5.99. The van der Waals surface area contributed by atoms with Crippen molar-refractivity contribution in [3.05, 3.63) is 0 Å². The summed E-state index contributed by atoms with van der Waals surface area (Å²) in [6, 6.07) is 0.0845. The van der Waals surface area contributed by atoms with Crippen LogP contribution in [0.25, 0.3) is 0 Å². The van der Waals surface area contributed by atoms with Crippen LogP contribution >= 0.6 is 0 Å². The number of hydrogen-bond acceptors (Lipinski definition) is 4. The lowest BCUT2D eigenvalue weighted by molar-refractivity contribution is -0.138. The topological polar surface area (TPSA) is 66.5 Å². The summed E-state index contributed by atoms with van der Waals surface area (Å²) < 4.78 is 0. The molecule has 0 aromatic rings. The monoisotopic (exact) mass is 210 g/mol. The molecule has 5 heteroatoms. The molecule has 0 radical (unpaired) electrons. The SMILES string of the molecule is O=C1CCCC(N2CC(=O)NC(=O)C2)C1. The fraction of sp³-hybridized carbons (Fsp3) is 0.700. The molecule has 2 aliphatic rings. The summed E-state index contributed by atoms with van der Waals surface area (Å²) in [5, 5.41) is 2.26. The van der Waals surface area contributed by atoms with Gasteiger partial charge in [0.25, 0.3) is 0 Å². The molecule has 5 nitrogen and oxygen atoms in total. The predicted molar refractivity (Wildman–Crippen MR) is 52.0 cm³/mol. The van der Waals surface area contributed by atoms with E-state index in [9.17, 15) is 14.4 Å². The quantitative estimate of drug-likeness (QED) is 0.590. The molecule has 15 heavy (non-hydrogen) atoms. The Balaban J connectivity index is 1.99. The van der Waals surface area contributed by atoms with Gasteiger partial charge in [-0.05, 0) is 12.8 Å². The van der Waals surface area contributed by atoms with Gasteiger partial charge in [0.15, 0.2) is 0 Å². The van der Waals surface area contributed by atoms with Crippen LogP contribution in [0.15, 0.2) is 0 Å².